The smallest absolute Gasteiger partial charge is 0.191 e. The SMILES string of the molecule is CN=C(NCc1ccc(OC)cc1OC)NCC(C)Cn1nc(C)cc1C. The number of nitrogens with one attached hydrogen (secondary N) is 2. The Morgan fingerprint density at radius 2 is 1.96 bits per heavy atom. The molecule has 0 saturated carbocycles. The normalized spacial score (nSPS) is 12.6. The van der Waals surface area contributed by atoms with E-state index in [2.05, 4.69) is 45.3 Å². The fraction of sp³-hybridized carbons (Fsp3) is 0.500. The Morgan fingerprint density at radius 3 is 2.56 bits per heavy atom. The molecule has 2 aromatic rings. The van der Waals surface area contributed by atoms with Crippen LogP contribution in [-0.4, -0.2) is 43.6 Å². The van der Waals surface area contributed by atoms with Crippen LogP contribution in [0.25, 0.3) is 0 Å². The van der Waals surface area contributed by atoms with E-state index in [9.17, 15) is 0 Å². The third-order valence-electron chi connectivity index (χ3n) is 4.37. The van der Waals surface area contributed by atoms with Crippen LogP contribution in [0.15, 0.2) is 29.3 Å². The molecular weight excluding hydrogens is 342 g/mol. The minimum Gasteiger partial charge on any atom is -0.497 e. The van der Waals surface area contributed by atoms with E-state index in [1.807, 2.05) is 25.1 Å². The second-order valence-electron chi connectivity index (χ2n) is 6.70. The van der Waals surface area contributed by atoms with E-state index < -0.39 is 0 Å². The Morgan fingerprint density at radius 1 is 1.19 bits per heavy atom. The highest BCUT2D eigenvalue weighted by Crippen LogP contribution is 2.24. The van der Waals surface area contributed by atoms with Crippen LogP contribution >= 0.6 is 0 Å². The Labute approximate surface area is 161 Å². The number of aliphatic imine (C=N–C) groups is 1. The number of guanidine groups is 1. The van der Waals surface area contributed by atoms with Crippen LogP contribution in [0, 0.1) is 19.8 Å². The molecule has 1 aromatic heterocycles. The van der Waals surface area contributed by atoms with Crippen LogP contribution < -0.4 is 20.1 Å². The lowest BCUT2D eigenvalue weighted by Gasteiger charge is -2.17. The number of benzene rings is 1. The van der Waals surface area contributed by atoms with Crippen molar-refractivity contribution in [3.63, 3.8) is 0 Å². The minimum atomic E-state index is 0.414. The Hall–Kier alpha value is -2.70. The monoisotopic (exact) mass is 373 g/mol. The quantitative estimate of drug-likeness (QED) is 0.549. The first-order valence-corrected chi connectivity index (χ1v) is 9.13. The van der Waals surface area contributed by atoms with Crippen molar-refractivity contribution in [3.8, 4) is 11.5 Å². The third kappa shape index (κ3) is 5.91. The number of rotatable bonds is 8. The zero-order chi connectivity index (χ0) is 19.8. The number of nitrogens with zero attached hydrogens (tertiary/aromatic N) is 3. The van der Waals surface area contributed by atoms with Crippen molar-refractivity contribution in [2.75, 3.05) is 27.8 Å². The largest absolute Gasteiger partial charge is 0.497 e. The van der Waals surface area contributed by atoms with Crippen LogP contribution in [0.1, 0.15) is 23.9 Å². The molecule has 1 aromatic carbocycles. The average molecular weight is 374 g/mol. The summed E-state index contributed by atoms with van der Waals surface area (Å²) in [6.07, 6.45) is 0. The van der Waals surface area contributed by atoms with E-state index in [-0.39, 0.29) is 0 Å². The van der Waals surface area contributed by atoms with Crippen molar-refractivity contribution in [1.29, 1.82) is 0 Å². The van der Waals surface area contributed by atoms with Gasteiger partial charge in [-0.15, -0.1) is 0 Å². The van der Waals surface area contributed by atoms with Gasteiger partial charge in [0.25, 0.3) is 0 Å². The van der Waals surface area contributed by atoms with Crippen molar-refractivity contribution in [2.45, 2.75) is 33.9 Å². The van der Waals surface area contributed by atoms with Gasteiger partial charge in [0.15, 0.2) is 5.96 Å². The lowest BCUT2D eigenvalue weighted by molar-refractivity contribution is 0.390. The molecule has 148 valence electrons. The highest BCUT2D eigenvalue weighted by Gasteiger charge is 2.09. The molecule has 0 fully saturated rings. The van der Waals surface area contributed by atoms with Gasteiger partial charge in [-0.3, -0.25) is 9.67 Å². The predicted octanol–water partition coefficient (Wildman–Crippen LogP) is 2.52. The number of methoxy groups -OCH3 is 2. The fourth-order valence-corrected chi connectivity index (χ4v) is 2.89. The molecule has 0 saturated heterocycles. The van der Waals surface area contributed by atoms with Gasteiger partial charge in [0, 0.05) is 44.0 Å². The van der Waals surface area contributed by atoms with E-state index in [1.54, 1.807) is 21.3 Å². The molecular formula is C20H31N5O2. The molecule has 2 rings (SSSR count). The van der Waals surface area contributed by atoms with E-state index in [1.165, 1.54) is 5.69 Å². The highest BCUT2D eigenvalue weighted by molar-refractivity contribution is 5.79. The summed E-state index contributed by atoms with van der Waals surface area (Å²) in [6.45, 7) is 8.59. The summed E-state index contributed by atoms with van der Waals surface area (Å²) in [6, 6.07) is 7.89. The lowest BCUT2D eigenvalue weighted by Crippen LogP contribution is -2.39. The van der Waals surface area contributed by atoms with E-state index in [0.717, 1.165) is 41.8 Å². The van der Waals surface area contributed by atoms with Crippen molar-refractivity contribution in [1.82, 2.24) is 20.4 Å². The summed E-state index contributed by atoms with van der Waals surface area (Å²) in [5.74, 6) is 2.73. The second-order valence-corrected chi connectivity index (χ2v) is 6.70. The molecule has 7 heteroatoms. The first kappa shape index (κ1) is 20.6. The van der Waals surface area contributed by atoms with Gasteiger partial charge in [-0.1, -0.05) is 6.92 Å². The molecule has 0 aliphatic rings. The van der Waals surface area contributed by atoms with Crippen molar-refractivity contribution in [3.05, 3.63) is 41.2 Å². The van der Waals surface area contributed by atoms with Crippen LogP contribution in [0.3, 0.4) is 0 Å². The van der Waals surface area contributed by atoms with Gasteiger partial charge >= 0.3 is 0 Å². The molecule has 1 atom stereocenters. The Balaban J connectivity index is 1.86. The van der Waals surface area contributed by atoms with Gasteiger partial charge in [-0.25, -0.2) is 0 Å². The summed E-state index contributed by atoms with van der Waals surface area (Å²) < 4.78 is 12.7. The van der Waals surface area contributed by atoms with Gasteiger partial charge in [0.05, 0.1) is 19.9 Å². The number of hydrogen-bond donors (Lipinski definition) is 2. The van der Waals surface area contributed by atoms with Gasteiger partial charge in [0.2, 0.25) is 0 Å². The van der Waals surface area contributed by atoms with Gasteiger partial charge in [0.1, 0.15) is 11.5 Å². The van der Waals surface area contributed by atoms with Crippen LogP contribution in [0.5, 0.6) is 11.5 Å². The molecule has 7 nitrogen and oxygen atoms in total. The predicted molar refractivity (Wildman–Crippen MR) is 109 cm³/mol. The van der Waals surface area contributed by atoms with E-state index in [4.69, 9.17) is 9.47 Å². The minimum absolute atomic E-state index is 0.414. The second kappa shape index (κ2) is 9.85. The first-order valence-electron chi connectivity index (χ1n) is 9.13. The Kier molecular flexibility index (Phi) is 7.52. The number of aromatic nitrogens is 2. The zero-order valence-corrected chi connectivity index (χ0v) is 17.2. The summed E-state index contributed by atoms with van der Waals surface area (Å²) in [5.41, 5.74) is 3.28. The van der Waals surface area contributed by atoms with Gasteiger partial charge < -0.3 is 20.1 Å². The Bertz CT molecular complexity index is 770. The molecule has 1 heterocycles. The lowest BCUT2D eigenvalue weighted by atomic mass is 10.2. The first-order chi connectivity index (χ1) is 13.0. The van der Waals surface area contributed by atoms with E-state index in [0.29, 0.717) is 12.5 Å². The average Bonchev–Trinajstić information content (AvgIpc) is 2.98. The molecule has 0 aliphatic carbocycles. The number of aryl methyl sites for hydroxylation is 2. The molecule has 1 unspecified atom stereocenters. The summed E-state index contributed by atoms with van der Waals surface area (Å²) in [4.78, 5) is 4.30. The molecule has 27 heavy (non-hydrogen) atoms. The van der Waals surface area contributed by atoms with Crippen molar-refractivity contribution < 1.29 is 9.47 Å². The van der Waals surface area contributed by atoms with Gasteiger partial charge in [-0.2, -0.15) is 5.10 Å². The molecule has 2 N–H and O–H groups in total. The maximum absolute atomic E-state index is 5.44. The number of hydrogen-bond acceptors (Lipinski definition) is 4. The molecule has 0 bridgehead atoms. The standard InChI is InChI=1S/C20H31N5O2/c1-14(13-25-16(3)9-15(2)24-25)11-22-20(21-4)23-12-17-7-8-18(26-5)10-19(17)27-6/h7-10,14H,11-13H2,1-6H3,(H2,21,22,23). The number of ether oxygens (including phenoxy) is 2. The summed E-state index contributed by atoms with van der Waals surface area (Å²) in [5, 5.41) is 11.2. The molecule has 0 radical (unpaired) electrons. The molecule has 0 amide bonds. The maximum atomic E-state index is 5.44. The van der Waals surface area contributed by atoms with E-state index >= 15 is 0 Å². The van der Waals surface area contributed by atoms with Gasteiger partial charge in [-0.05, 0) is 38.0 Å². The van der Waals surface area contributed by atoms with Crippen molar-refractivity contribution in [2.24, 2.45) is 10.9 Å². The maximum Gasteiger partial charge on any atom is 0.191 e. The highest BCUT2D eigenvalue weighted by atomic mass is 16.5. The zero-order valence-electron chi connectivity index (χ0n) is 17.2. The van der Waals surface area contributed by atoms with Crippen LogP contribution in [0.2, 0.25) is 0 Å². The molecule has 0 aliphatic heterocycles. The fourth-order valence-electron chi connectivity index (χ4n) is 2.89. The molecule has 0 spiro atoms. The topological polar surface area (TPSA) is 72.7 Å². The summed E-state index contributed by atoms with van der Waals surface area (Å²) in [7, 11) is 5.07. The summed E-state index contributed by atoms with van der Waals surface area (Å²) >= 11 is 0. The van der Waals surface area contributed by atoms with Crippen LogP contribution in [0.4, 0.5) is 0 Å². The third-order valence-corrected chi connectivity index (χ3v) is 4.37. The van der Waals surface area contributed by atoms with Crippen molar-refractivity contribution >= 4 is 5.96 Å². The van der Waals surface area contributed by atoms with Crippen LogP contribution in [-0.2, 0) is 13.1 Å².